The molecular formula is C13H19N3O2. The molecule has 1 aliphatic heterocycles. The van der Waals surface area contributed by atoms with E-state index in [1.165, 1.54) is 0 Å². The van der Waals surface area contributed by atoms with E-state index >= 15 is 0 Å². The van der Waals surface area contributed by atoms with Crippen LogP contribution in [0.5, 0.6) is 0 Å². The summed E-state index contributed by atoms with van der Waals surface area (Å²) < 4.78 is 5.15. The summed E-state index contributed by atoms with van der Waals surface area (Å²) in [6.45, 7) is 1.86. The lowest BCUT2D eigenvalue weighted by molar-refractivity contribution is 0.0307. The van der Waals surface area contributed by atoms with Crippen molar-refractivity contribution < 1.29 is 9.84 Å². The molecule has 98 valence electrons. The number of guanidine groups is 1. The van der Waals surface area contributed by atoms with E-state index in [1.807, 2.05) is 30.3 Å². The van der Waals surface area contributed by atoms with Crippen LogP contribution in [-0.2, 0) is 11.3 Å². The molecule has 0 spiro atoms. The molecule has 1 aromatic carbocycles. The molecule has 1 aliphatic rings. The summed E-state index contributed by atoms with van der Waals surface area (Å²) in [5, 5.41) is 13.0. The van der Waals surface area contributed by atoms with Crippen LogP contribution in [0.4, 0.5) is 0 Å². The van der Waals surface area contributed by atoms with Gasteiger partial charge in [0, 0.05) is 19.6 Å². The molecule has 1 aromatic rings. The fraction of sp³-hybridized carbons (Fsp3) is 0.462. The molecular weight excluding hydrogens is 230 g/mol. The molecule has 0 amide bonds. The van der Waals surface area contributed by atoms with Crippen LogP contribution in [0, 0.1) is 0 Å². The number of benzene rings is 1. The summed E-state index contributed by atoms with van der Waals surface area (Å²) in [6.07, 6.45) is 0.631. The van der Waals surface area contributed by atoms with Gasteiger partial charge < -0.3 is 20.9 Å². The van der Waals surface area contributed by atoms with Gasteiger partial charge in [0.1, 0.15) is 5.60 Å². The van der Waals surface area contributed by atoms with Gasteiger partial charge in [0.2, 0.25) is 0 Å². The van der Waals surface area contributed by atoms with E-state index in [2.05, 4.69) is 10.3 Å². The van der Waals surface area contributed by atoms with Crippen LogP contribution in [0.3, 0.4) is 0 Å². The Morgan fingerprint density at radius 3 is 2.89 bits per heavy atom. The van der Waals surface area contributed by atoms with Crippen molar-refractivity contribution in [3.8, 4) is 0 Å². The van der Waals surface area contributed by atoms with Crippen molar-refractivity contribution in [1.82, 2.24) is 5.32 Å². The predicted molar refractivity (Wildman–Crippen MR) is 70.2 cm³/mol. The highest BCUT2D eigenvalue weighted by molar-refractivity contribution is 5.77. The number of ether oxygens (including phenoxy) is 1. The van der Waals surface area contributed by atoms with Crippen LogP contribution < -0.4 is 11.1 Å². The summed E-state index contributed by atoms with van der Waals surface area (Å²) in [4.78, 5) is 4.22. The Morgan fingerprint density at radius 1 is 1.44 bits per heavy atom. The zero-order valence-corrected chi connectivity index (χ0v) is 10.3. The first kappa shape index (κ1) is 12.9. The van der Waals surface area contributed by atoms with Gasteiger partial charge in [-0.05, 0) is 5.56 Å². The molecule has 5 heteroatoms. The Labute approximate surface area is 107 Å². The van der Waals surface area contributed by atoms with Crippen molar-refractivity contribution in [2.45, 2.75) is 18.6 Å². The lowest BCUT2D eigenvalue weighted by Gasteiger charge is -2.20. The first-order valence-corrected chi connectivity index (χ1v) is 6.06. The average Bonchev–Trinajstić information content (AvgIpc) is 2.83. The van der Waals surface area contributed by atoms with E-state index < -0.39 is 5.60 Å². The minimum absolute atomic E-state index is 0.346. The highest BCUT2D eigenvalue weighted by atomic mass is 16.5. The van der Waals surface area contributed by atoms with Crippen LogP contribution >= 0.6 is 0 Å². The highest BCUT2D eigenvalue weighted by Crippen LogP contribution is 2.16. The topological polar surface area (TPSA) is 79.9 Å². The van der Waals surface area contributed by atoms with Gasteiger partial charge in [0.05, 0.1) is 13.2 Å². The minimum atomic E-state index is -0.813. The predicted octanol–water partition coefficient (Wildman–Crippen LogP) is 0.242. The lowest BCUT2D eigenvalue weighted by atomic mass is 10.0. The van der Waals surface area contributed by atoms with Gasteiger partial charge in [-0.3, -0.25) is 0 Å². The maximum Gasteiger partial charge on any atom is 0.189 e. The highest BCUT2D eigenvalue weighted by Gasteiger charge is 2.31. The first-order chi connectivity index (χ1) is 8.68. The Balaban J connectivity index is 1.79. The molecule has 5 nitrogen and oxygen atoms in total. The minimum Gasteiger partial charge on any atom is -0.386 e. The van der Waals surface area contributed by atoms with E-state index in [1.54, 1.807) is 0 Å². The summed E-state index contributed by atoms with van der Waals surface area (Å²) in [5.41, 5.74) is 6.03. The van der Waals surface area contributed by atoms with Gasteiger partial charge in [-0.25, -0.2) is 4.99 Å². The van der Waals surface area contributed by atoms with Crippen LogP contribution in [0.25, 0.3) is 0 Å². The Bertz CT molecular complexity index is 400. The fourth-order valence-electron chi connectivity index (χ4n) is 1.81. The van der Waals surface area contributed by atoms with Crippen molar-refractivity contribution in [3.63, 3.8) is 0 Å². The molecule has 1 atom stereocenters. The Hall–Kier alpha value is -1.59. The van der Waals surface area contributed by atoms with Gasteiger partial charge in [-0.1, -0.05) is 30.3 Å². The molecule has 0 radical (unpaired) electrons. The molecule has 1 unspecified atom stereocenters. The number of aliphatic hydroxyl groups is 1. The van der Waals surface area contributed by atoms with Crippen LogP contribution in [0.2, 0.25) is 0 Å². The summed E-state index contributed by atoms with van der Waals surface area (Å²) in [5.74, 6) is 0.346. The smallest absolute Gasteiger partial charge is 0.189 e. The van der Waals surface area contributed by atoms with Gasteiger partial charge >= 0.3 is 0 Å². The van der Waals surface area contributed by atoms with E-state index in [-0.39, 0.29) is 0 Å². The third kappa shape index (κ3) is 3.72. The number of rotatable bonds is 4. The second-order valence-electron chi connectivity index (χ2n) is 4.57. The van der Waals surface area contributed by atoms with Crippen molar-refractivity contribution in [3.05, 3.63) is 35.9 Å². The summed E-state index contributed by atoms with van der Waals surface area (Å²) >= 11 is 0. The van der Waals surface area contributed by atoms with E-state index in [4.69, 9.17) is 10.5 Å². The molecule has 2 rings (SSSR count). The monoisotopic (exact) mass is 249 g/mol. The van der Waals surface area contributed by atoms with Gasteiger partial charge in [0.15, 0.2) is 5.96 Å². The standard InChI is InChI=1S/C13H19N3O2/c14-12(15-8-11-4-2-1-3-5-11)16-9-13(17)6-7-18-10-13/h1-5,17H,6-10H2,(H3,14,15,16). The second-order valence-corrected chi connectivity index (χ2v) is 4.57. The van der Waals surface area contributed by atoms with Crippen LogP contribution in [0.15, 0.2) is 35.3 Å². The number of nitrogens with two attached hydrogens (primary N) is 1. The SMILES string of the molecule is NC(=NCc1ccccc1)NCC1(O)CCOC1. The quantitative estimate of drug-likeness (QED) is 0.527. The van der Waals surface area contributed by atoms with Crippen molar-refractivity contribution >= 4 is 5.96 Å². The second kappa shape index (κ2) is 5.84. The molecule has 18 heavy (non-hydrogen) atoms. The molecule has 0 saturated carbocycles. The van der Waals surface area contributed by atoms with Gasteiger partial charge in [-0.15, -0.1) is 0 Å². The van der Waals surface area contributed by atoms with Gasteiger partial charge in [-0.2, -0.15) is 0 Å². The number of nitrogens with zero attached hydrogens (tertiary/aromatic N) is 1. The molecule has 1 heterocycles. The third-order valence-corrected chi connectivity index (χ3v) is 2.96. The normalized spacial score (nSPS) is 24.2. The van der Waals surface area contributed by atoms with Crippen LogP contribution in [-0.4, -0.2) is 36.4 Å². The van der Waals surface area contributed by atoms with Crippen LogP contribution in [0.1, 0.15) is 12.0 Å². The van der Waals surface area contributed by atoms with Crippen molar-refractivity contribution in [2.75, 3.05) is 19.8 Å². The number of hydrogen-bond donors (Lipinski definition) is 3. The summed E-state index contributed by atoms with van der Waals surface area (Å²) in [7, 11) is 0. The molecule has 0 aliphatic carbocycles. The molecule has 4 N–H and O–H groups in total. The Kier molecular flexibility index (Phi) is 4.17. The van der Waals surface area contributed by atoms with Crippen molar-refractivity contribution in [1.29, 1.82) is 0 Å². The average molecular weight is 249 g/mol. The maximum absolute atomic E-state index is 10.0. The molecule has 1 saturated heterocycles. The maximum atomic E-state index is 10.0. The molecule has 0 aromatic heterocycles. The Morgan fingerprint density at radius 2 is 2.22 bits per heavy atom. The molecule has 1 fully saturated rings. The largest absolute Gasteiger partial charge is 0.386 e. The molecule has 0 bridgehead atoms. The zero-order chi connectivity index (χ0) is 12.8. The van der Waals surface area contributed by atoms with E-state index in [0.717, 1.165) is 5.56 Å². The third-order valence-electron chi connectivity index (χ3n) is 2.96. The lowest BCUT2D eigenvalue weighted by Crippen LogP contribution is -2.45. The van der Waals surface area contributed by atoms with Crippen molar-refractivity contribution in [2.24, 2.45) is 10.7 Å². The van der Waals surface area contributed by atoms with Gasteiger partial charge in [0.25, 0.3) is 0 Å². The fourth-order valence-corrected chi connectivity index (χ4v) is 1.81. The van der Waals surface area contributed by atoms with E-state index in [0.29, 0.717) is 38.7 Å². The van der Waals surface area contributed by atoms with E-state index in [9.17, 15) is 5.11 Å². The summed E-state index contributed by atoms with van der Waals surface area (Å²) in [6, 6.07) is 9.88. The first-order valence-electron chi connectivity index (χ1n) is 6.06. The number of hydrogen-bond acceptors (Lipinski definition) is 3. The number of nitrogens with one attached hydrogen (secondary N) is 1. The number of aliphatic imine (C=N–C) groups is 1. The zero-order valence-electron chi connectivity index (χ0n) is 10.3.